The highest BCUT2D eigenvalue weighted by Gasteiger charge is 2.55. The summed E-state index contributed by atoms with van der Waals surface area (Å²) >= 11 is 0. The molecule has 1 aromatic rings. The van der Waals surface area contributed by atoms with Crippen molar-refractivity contribution in [3.8, 4) is 0 Å². The molecule has 0 aliphatic carbocycles. The molecule has 2 amide bonds. The van der Waals surface area contributed by atoms with Crippen molar-refractivity contribution in [3.63, 3.8) is 0 Å². The number of rotatable bonds is 2. The third-order valence-electron chi connectivity index (χ3n) is 4.50. The molecular weight excluding hydrogens is 367 g/mol. The number of halogens is 3. The molecule has 0 saturated carbocycles. The predicted octanol–water partition coefficient (Wildman–Crippen LogP) is 1.16. The molecule has 1 atom stereocenters. The zero-order chi connectivity index (χ0) is 20.4. The van der Waals surface area contributed by atoms with E-state index in [1.54, 1.807) is 6.92 Å². The summed E-state index contributed by atoms with van der Waals surface area (Å²) in [5.41, 5.74) is -1.12. The number of alkyl halides is 3. The molecule has 10 heteroatoms. The van der Waals surface area contributed by atoms with Crippen molar-refractivity contribution in [2.75, 3.05) is 19.6 Å². The molecule has 148 valence electrons. The van der Waals surface area contributed by atoms with Crippen molar-refractivity contribution in [2.45, 2.75) is 31.6 Å². The van der Waals surface area contributed by atoms with E-state index in [4.69, 9.17) is 9.90 Å². The molecular formula is C17H20F3N3O4. The molecule has 27 heavy (non-hydrogen) atoms. The maximum Gasteiger partial charge on any atom is 0.416 e. The second-order valence-corrected chi connectivity index (χ2v) is 6.40. The van der Waals surface area contributed by atoms with Gasteiger partial charge in [0.25, 0.3) is 5.97 Å². The summed E-state index contributed by atoms with van der Waals surface area (Å²) in [6, 6.07) is 4.20. The van der Waals surface area contributed by atoms with Crippen LogP contribution in [0.25, 0.3) is 0 Å². The molecule has 2 heterocycles. The molecule has 1 unspecified atom stereocenters. The average Bonchev–Trinajstić information content (AvgIpc) is 2.53. The smallest absolute Gasteiger partial charge is 0.416 e. The van der Waals surface area contributed by atoms with Crippen LogP contribution in [0.4, 0.5) is 13.2 Å². The SMILES string of the molecule is CC(=O)O.CC(c1ccc(C(F)(F)F)cc1)N1C(=O)CNC(=O)C12CNC2. The van der Waals surface area contributed by atoms with Crippen LogP contribution in [0.15, 0.2) is 24.3 Å². The zero-order valence-corrected chi connectivity index (χ0v) is 14.8. The van der Waals surface area contributed by atoms with Gasteiger partial charge in [-0.2, -0.15) is 13.2 Å². The third-order valence-corrected chi connectivity index (χ3v) is 4.50. The van der Waals surface area contributed by atoms with Crippen LogP contribution in [0, 0.1) is 0 Å². The van der Waals surface area contributed by atoms with Crippen molar-refractivity contribution in [2.24, 2.45) is 0 Å². The van der Waals surface area contributed by atoms with Crippen LogP contribution in [-0.2, 0) is 20.6 Å². The van der Waals surface area contributed by atoms with Gasteiger partial charge in [0.1, 0.15) is 5.54 Å². The summed E-state index contributed by atoms with van der Waals surface area (Å²) in [6.07, 6.45) is -4.40. The van der Waals surface area contributed by atoms with E-state index in [1.165, 1.54) is 17.0 Å². The van der Waals surface area contributed by atoms with Gasteiger partial charge in [-0.25, -0.2) is 0 Å². The number of carbonyl (C=O) groups is 3. The van der Waals surface area contributed by atoms with E-state index >= 15 is 0 Å². The topological polar surface area (TPSA) is 98.7 Å². The summed E-state index contributed by atoms with van der Waals surface area (Å²) in [5.74, 6) is -1.30. The third kappa shape index (κ3) is 4.21. The predicted molar refractivity (Wildman–Crippen MR) is 88.6 cm³/mol. The number of aliphatic carboxylic acids is 1. The molecule has 2 fully saturated rings. The summed E-state index contributed by atoms with van der Waals surface area (Å²) < 4.78 is 37.9. The molecule has 0 bridgehead atoms. The van der Waals surface area contributed by atoms with Gasteiger partial charge >= 0.3 is 6.18 Å². The first kappa shape index (κ1) is 20.7. The second kappa shape index (κ2) is 7.55. The molecule has 2 saturated heterocycles. The van der Waals surface area contributed by atoms with Gasteiger partial charge in [0.2, 0.25) is 11.8 Å². The minimum Gasteiger partial charge on any atom is -0.481 e. The Morgan fingerprint density at radius 2 is 1.74 bits per heavy atom. The number of nitrogens with one attached hydrogen (secondary N) is 2. The number of benzene rings is 1. The van der Waals surface area contributed by atoms with E-state index < -0.39 is 29.3 Å². The van der Waals surface area contributed by atoms with Crippen molar-refractivity contribution >= 4 is 17.8 Å². The Bertz CT molecular complexity index is 726. The Morgan fingerprint density at radius 1 is 1.22 bits per heavy atom. The molecule has 3 rings (SSSR count). The summed E-state index contributed by atoms with van der Waals surface area (Å²) in [7, 11) is 0. The van der Waals surface area contributed by atoms with Gasteiger partial charge in [-0.1, -0.05) is 12.1 Å². The number of carboxylic acid groups (broad SMARTS) is 1. The quantitative estimate of drug-likeness (QED) is 0.707. The number of carbonyl (C=O) groups excluding carboxylic acids is 2. The van der Waals surface area contributed by atoms with Gasteiger partial charge in [0, 0.05) is 20.0 Å². The minimum absolute atomic E-state index is 0.0917. The summed E-state index contributed by atoms with van der Waals surface area (Å²) in [4.78, 5) is 35.0. The maximum absolute atomic E-state index is 12.6. The van der Waals surface area contributed by atoms with E-state index in [1.807, 2.05) is 0 Å². The van der Waals surface area contributed by atoms with Gasteiger partial charge in [0.15, 0.2) is 0 Å². The van der Waals surface area contributed by atoms with E-state index in [0.717, 1.165) is 19.1 Å². The highest BCUT2D eigenvalue weighted by Crippen LogP contribution is 2.35. The Labute approximate surface area is 153 Å². The van der Waals surface area contributed by atoms with Crippen LogP contribution in [-0.4, -0.2) is 53.0 Å². The van der Waals surface area contributed by atoms with Crippen LogP contribution < -0.4 is 10.6 Å². The van der Waals surface area contributed by atoms with Gasteiger partial charge in [0.05, 0.1) is 18.2 Å². The van der Waals surface area contributed by atoms with E-state index in [2.05, 4.69) is 10.6 Å². The lowest BCUT2D eigenvalue weighted by Gasteiger charge is -2.53. The lowest BCUT2D eigenvalue weighted by Crippen LogP contribution is -2.79. The van der Waals surface area contributed by atoms with Gasteiger partial charge in [-0.05, 0) is 24.6 Å². The maximum atomic E-state index is 12.6. The zero-order valence-electron chi connectivity index (χ0n) is 14.8. The summed E-state index contributed by atoms with van der Waals surface area (Å²) in [5, 5.41) is 13.0. The van der Waals surface area contributed by atoms with Crippen LogP contribution in [0.2, 0.25) is 0 Å². The lowest BCUT2D eigenvalue weighted by molar-refractivity contribution is -0.161. The van der Waals surface area contributed by atoms with Crippen LogP contribution >= 0.6 is 0 Å². The Balaban J connectivity index is 0.000000596. The molecule has 1 spiro atoms. The second-order valence-electron chi connectivity index (χ2n) is 6.40. The summed E-state index contributed by atoms with van der Waals surface area (Å²) in [6.45, 7) is 3.40. The number of hydrogen-bond donors (Lipinski definition) is 3. The first-order chi connectivity index (χ1) is 12.5. The van der Waals surface area contributed by atoms with Crippen molar-refractivity contribution < 1.29 is 32.7 Å². The number of carboxylic acids is 1. The number of piperazine rings is 1. The largest absolute Gasteiger partial charge is 0.481 e. The van der Waals surface area contributed by atoms with E-state index in [-0.39, 0.29) is 18.4 Å². The number of amides is 2. The molecule has 7 nitrogen and oxygen atoms in total. The van der Waals surface area contributed by atoms with E-state index in [0.29, 0.717) is 18.7 Å². The fourth-order valence-corrected chi connectivity index (χ4v) is 3.13. The highest BCUT2D eigenvalue weighted by molar-refractivity contribution is 5.99. The lowest BCUT2D eigenvalue weighted by atomic mass is 9.84. The van der Waals surface area contributed by atoms with Crippen molar-refractivity contribution in [1.82, 2.24) is 15.5 Å². The molecule has 0 aromatic heterocycles. The van der Waals surface area contributed by atoms with Crippen LogP contribution in [0.1, 0.15) is 31.0 Å². The molecule has 3 N–H and O–H groups in total. The van der Waals surface area contributed by atoms with Crippen LogP contribution in [0.3, 0.4) is 0 Å². The first-order valence-electron chi connectivity index (χ1n) is 8.17. The molecule has 2 aliphatic rings. The normalized spacial score (nSPS) is 19.5. The first-order valence-corrected chi connectivity index (χ1v) is 8.17. The van der Waals surface area contributed by atoms with Crippen LogP contribution in [0.5, 0.6) is 0 Å². The Hall–Kier alpha value is -2.62. The van der Waals surface area contributed by atoms with Gasteiger partial charge < -0.3 is 20.6 Å². The Morgan fingerprint density at radius 3 is 2.15 bits per heavy atom. The average molecular weight is 387 g/mol. The fourth-order valence-electron chi connectivity index (χ4n) is 3.13. The standard InChI is InChI=1S/C15H16F3N3O2.C2H4O2/c1-9(10-2-4-11(5-3-10)15(16,17)18)21-12(22)6-20-13(23)14(21)7-19-8-14;1-2(3)4/h2-5,9,19H,6-8H2,1H3,(H,20,23);1H3,(H,3,4). The van der Waals surface area contributed by atoms with Gasteiger partial charge in [-0.15, -0.1) is 0 Å². The number of nitrogens with zero attached hydrogens (tertiary/aromatic N) is 1. The van der Waals surface area contributed by atoms with Gasteiger partial charge in [-0.3, -0.25) is 14.4 Å². The molecule has 1 aromatic carbocycles. The molecule has 0 radical (unpaired) electrons. The van der Waals surface area contributed by atoms with Crippen molar-refractivity contribution in [1.29, 1.82) is 0 Å². The highest BCUT2D eigenvalue weighted by atomic mass is 19.4. The van der Waals surface area contributed by atoms with Crippen molar-refractivity contribution in [3.05, 3.63) is 35.4 Å². The number of hydrogen-bond acceptors (Lipinski definition) is 4. The monoisotopic (exact) mass is 387 g/mol. The molecule has 2 aliphatic heterocycles. The Kier molecular flexibility index (Phi) is 5.79. The minimum atomic E-state index is -4.40. The van der Waals surface area contributed by atoms with E-state index in [9.17, 15) is 22.8 Å². The fraction of sp³-hybridized carbons (Fsp3) is 0.471.